The van der Waals surface area contributed by atoms with Crippen molar-refractivity contribution in [2.45, 2.75) is 56.8 Å². The molecule has 5 heteroatoms. The van der Waals surface area contributed by atoms with E-state index in [0.717, 1.165) is 12.8 Å². The second-order valence-corrected chi connectivity index (χ2v) is 6.34. The van der Waals surface area contributed by atoms with Gasteiger partial charge in [0, 0.05) is 12.1 Å². The molecule has 1 heterocycles. The van der Waals surface area contributed by atoms with E-state index in [-0.39, 0.29) is 6.09 Å². The highest BCUT2D eigenvalue weighted by molar-refractivity contribution is 5.68. The Balaban J connectivity index is 1.96. The van der Waals surface area contributed by atoms with E-state index in [1.54, 1.807) is 4.90 Å². The average molecular weight is 242 g/mol. The topological polar surface area (TPSA) is 75.8 Å². The summed E-state index contributed by atoms with van der Waals surface area (Å²) in [4.78, 5) is 13.4. The third-order valence-electron chi connectivity index (χ3n) is 3.61. The number of ether oxygens (including phenoxy) is 1. The molecular formula is C12H22N2O3. The highest BCUT2D eigenvalue weighted by Gasteiger charge is 2.59. The van der Waals surface area contributed by atoms with Crippen LogP contribution in [-0.2, 0) is 4.74 Å². The summed E-state index contributed by atoms with van der Waals surface area (Å²) in [5, 5.41) is 10.4. The van der Waals surface area contributed by atoms with Gasteiger partial charge in [0.2, 0.25) is 0 Å². The Labute approximate surface area is 102 Å². The molecule has 1 unspecified atom stereocenters. The number of likely N-dealkylation sites (tertiary alicyclic amines) is 1. The van der Waals surface area contributed by atoms with E-state index >= 15 is 0 Å². The van der Waals surface area contributed by atoms with Gasteiger partial charge in [-0.1, -0.05) is 0 Å². The molecule has 5 nitrogen and oxygen atoms in total. The quantitative estimate of drug-likeness (QED) is 0.714. The Morgan fingerprint density at radius 2 is 1.94 bits per heavy atom. The third kappa shape index (κ3) is 2.40. The van der Waals surface area contributed by atoms with Crippen LogP contribution in [0.2, 0.25) is 0 Å². The summed E-state index contributed by atoms with van der Waals surface area (Å²) in [6.07, 6.45) is 1.86. The van der Waals surface area contributed by atoms with Crippen LogP contribution in [0.5, 0.6) is 0 Å². The van der Waals surface area contributed by atoms with Crippen LogP contribution >= 0.6 is 0 Å². The van der Waals surface area contributed by atoms with Crippen LogP contribution in [0.3, 0.4) is 0 Å². The SMILES string of the molecule is CC(C)(C)OC(=O)N1CCC(O)(C2(N)CC2)C1. The van der Waals surface area contributed by atoms with Crippen molar-refractivity contribution in [1.82, 2.24) is 4.90 Å². The molecular weight excluding hydrogens is 220 g/mol. The van der Waals surface area contributed by atoms with Crippen molar-refractivity contribution in [2.75, 3.05) is 13.1 Å². The molecule has 1 saturated carbocycles. The van der Waals surface area contributed by atoms with E-state index in [1.165, 1.54) is 0 Å². The molecule has 3 N–H and O–H groups in total. The van der Waals surface area contributed by atoms with Crippen LogP contribution in [0.25, 0.3) is 0 Å². The molecule has 0 aromatic heterocycles. The van der Waals surface area contributed by atoms with Gasteiger partial charge in [-0.3, -0.25) is 0 Å². The zero-order valence-electron chi connectivity index (χ0n) is 10.8. The van der Waals surface area contributed by atoms with Crippen LogP contribution in [0, 0.1) is 0 Å². The van der Waals surface area contributed by atoms with Crippen molar-refractivity contribution >= 4 is 6.09 Å². The number of β-amino-alcohol motifs (C(OH)–C–C–N with tert-alkyl or cyclic N) is 1. The number of hydrogen-bond donors (Lipinski definition) is 2. The van der Waals surface area contributed by atoms with E-state index < -0.39 is 16.7 Å². The van der Waals surface area contributed by atoms with Gasteiger partial charge in [-0.25, -0.2) is 4.79 Å². The highest BCUT2D eigenvalue weighted by atomic mass is 16.6. The second kappa shape index (κ2) is 3.59. The normalized spacial score (nSPS) is 31.5. The molecule has 17 heavy (non-hydrogen) atoms. The minimum absolute atomic E-state index is 0.290. The molecule has 0 radical (unpaired) electrons. The van der Waals surface area contributed by atoms with Crippen molar-refractivity contribution in [3.8, 4) is 0 Å². The summed E-state index contributed by atoms with van der Waals surface area (Å²) in [6, 6.07) is 0. The first-order valence-electron chi connectivity index (χ1n) is 6.14. The Kier molecular flexibility index (Phi) is 2.67. The molecule has 1 saturated heterocycles. The summed E-state index contributed by atoms with van der Waals surface area (Å²) in [7, 11) is 0. The van der Waals surface area contributed by atoms with Crippen LogP contribution in [0.15, 0.2) is 0 Å². The predicted octanol–water partition coefficient (Wildman–Crippen LogP) is 0.850. The van der Waals surface area contributed by atoms with E-state index in [2.05, 4.69) is 0 Å². The van der Waals surface area contributed by atoms with Gasteiger partial charge < -0.3 is 20.5 Å². The van der Waals surface area contributed by atoms with Crippen molar-refractivity contribution in [3.63, 3.8) is 0 Å². The van der Waals surface area contributed by atoms with Gasteiger partial charge in [0.15, 0.2) is 0 Å². The van der Waals surface area contributed by atoms with Crippen LogP contribution in [0.1, 0.15) is 40.0 Å². The average Bonchev–Trinajstić information content (AvgIpc) is 2.76. The zero-order chi connectivity index (χ0) is 12.9. The van der Waals surface area contributed by atoms with Crippen molar-refractivity contribution in [2.24, 2.45) is 5.73 Å². The lowest BCUT2D eigenvalue weighted by molar-refractivity contribution is -0.0000156. The molecule has 0 aromatic carbocycles. The summed E-state index contributed by atoms with van der Waals surface area (Å²) >= 11 is 0. The molecule has 2 rings (SSSR count). The van der Waals surface area contributed by atoms with Gasteiger partial charge in [0.1, 0.15) is 11.2 Å². The molecule has 1 aliphatic heterocycles. The van der Waals surface area contributed by atoms with E-state index in [0.29, 0.717) is 19.5 Å². The number of hydrogen-bond acceptors (Lipinski definition) is 4. The number of aliphatic hydroxyl groups is 1. The van der Waals surface area contributed by atoms with Gasteiger partial charge >= 0.3 is 6.09 Å². The smallest absolute Gasteiger partial charge is 0.410 e. The van der Waals surface area contributed by atoms with E-state index in [1.807, 2.05) is 20.8 Å². The fourth-order valence-corrected chi connectivity index (χ4v) is 2.28. The van der Waals surface area contributed by atoms with Crippen LogP contribution in [0.4, 0.5) is 4.79 Å². The minimum Gasteiger partial charge on any atom is -0.444 e. The van der Waals surface area contributed by atoms with Crippen molar-refractivity contribution in [1.29, 1.82) is 0 Å². The van der Waals surface area contributed by atoms with Crippen molar-refractivity contribution in [3.05, 3.63) is 0 Å². The molecule has 1 atom stereocenters. The lowest BCUT2D eigenvalue weighted by Crippen LogP contribution is -2.52. The summed E-state index contributed by atoms with van der Waals surface area (Å²) in [6.45, 7) is 6.30. The Morgan fingerprint density at radius 3 is 2.41 bits per heavy atom. The first kappa shape index (κ1) is 12.6. The first-order chi connectivity index (χ1) is 7.65. The fourth-order valence-electron chi connectivity index (χ4n) is 2.28. The fraction of sp³-hybridized carbons (Fsp3) is 0.917. The first-order valence-corrected chi connectivity index (χ1v) is 6.14. The number of nitrogens with two attached hydrogens (primary N) is 1. The molecule has 0 spiro atoms. The maximum absolute atomic E-state index is 11.8. The standard InChI is InChI=1S/C12H22N2O3/c1-10(2,3)17-9(15)14-7-6-12(16,8-14)11(13)4-5-11/h16H,4-8,13H2,1-3H3. The van der Waals surface area contributed by atoms with Gasteiger partial charge in [0.05, 0.1) is 6.54 Å². The second-order valence-electron chi connectivity index (χ2n) is 6.34. The Morgan fingerprint density at radius 1 is 1.35 bits per heavy atom. The van der Waals surface area contributed by atoms with Crippen LogP contribution in [-0.4, -0.2) is 45.9 Å². The lowest BCUT2D eigenvalue weighted by atomic mass is 9.91. The van der Waals surface area contributed by atoms with E-state index in [4.69, 9.17) is 10.5 Å². The number of carbonyl (C=O) groups excluding carboxylic acids is 1. The summed E-state index contributed by atoms with van der Waals surface area (Å²) in [5.74, 6) is 0. The molecule has 0 aromatic rings. The molecule has 1 aliphatic carbocycles. The van der Waals surface area contributed by atoms with Crippen molar-refractivity contribution < 1.29 is 14.6 Å². The van der Waals surface area contributed by atoms with Gasteiger partial charge in [0.25, 0.3) is 0 Å². The van der Waals surface area contributed by atoms with Gasteiger partial charge in [-0.05, 0) is 40.0 Å². The molecule has 98 valence electrons. The molecule has 1 amide bonds. The maximum Gasteiger partial charge on any atom is 0.410 e. The highest BCUT2D eigenvalue weighted by Crippen LogP contribution is 2.46. The molecule has 2 aliphatic rings. The Bertz CT molecular complexity index is 333. The van der Waals surface area contributed by atoms with Gasteiger partial charge in [-0.2, -0.15) is 0 Å². The molecule has 0 bridgehead atoms. The van der Waals surface area contributed by atoms with Gasteiger partial charge in [-0.15, -0.1) is 0 Å². The number of carbonyl (C=O) groups is 1. The monoisotopic (exact) mass is 242 g/mol. The molecule has 2 fully saturated rings. The van der Waals surface area contributed by atoms with E-state index in [9.17, 15) is 9.90 Å². The number of amides is 1. The lowest BCUT2D eigenvalue weighted by Gasteiger charge is -2.30. The number of rotatable bonds is 1. The third-order valence-corrected chi connectivity index (χ3v) is 3.61. The summed E-state index contributed by atoms with van der Waals surface area (Å²) in [5.41, 5.74) is 4.14. The Hall–Kier alpha value is -0.810. The minimum atomic E-state index is -0.927. The zero-order valence-corrected chi connectivity index (χ0v) is 10.8. The predicted molar refractivity (Wildman–Crippen MR) is 63.5 cm³/mol. The number of nitrogens with zero attached hydrogens (tertiary/aromatic N) is 1. The maximum atomic E-state index is 11.8. The largest absolute Gasteiger partial charge is 0.444 e. The van der Waals surface area contributed by atoms with Crippen LogP contribution < -0.4 is 5.73 Å². The summed E-state index contributed by atoms with van der Waals surface area (Å²) < 4.78 is 5.28.